The molecule has 0 aliphatic rings. The number of fused-ring (bicyclic) bond motifs is 1. The first kappa shape index (κ1) is 32.5. The van der Waals surface area contributed by atoms with Crippen LogP contribution in [0.3, 0.4) is 0 Å². The normalized spacial score (nSPS) is 11.8. The van der Waals surface area contributed by atoms with E-state index in [1.54, 1.807) is 18.6 Å². The molecule has 6 rings (SSSR count). The van der Waals surface area contributed by atoms with Crippen LogP contribution in [0.25, 0.3) is 33.4 Å². The van der Waals surface area contributed by atoms with E-state index in [2.05, 4.69) is 33.2 Å². The van der Waals surface area contributed by atoms with Crippen molar-refractivity contribution in [1.29, 1.82) is 0 Å². The van der Waals surface area contributed by atoms with E-state index in [4.69, 9.17) is 19.7 Å². The van der Waals surface area contributed by atoms with Gasteiger partial charge in [-0.15, -0.1) is 0 Å². The van der Waals surface area contributed by atoms with Crippen molar-refractivity contribution in [3.63, 3.8) is 0 Å². The fourth-order valence-corrected chi connectivity index (χ4v) is 5.48. The third-order valence-electron chi connectivity index (χ3n) is 7.93. The predicted molar refractivity (Wildman–Crippen MR) is 192 cm³/mol. The topological polar surface area (TPSA) is 91.3 Å². The van der Waals surface area contributed by atoms with Gasteiger partial charge in [0.05, 0.1) is 29.0 Å². The lowest BCUT2D eigenvalue weighted by Gasteiger charge is -2.12. The largest absolute Gasteiger partial charge is 0.487 e. The van der Waals surface area contributed by atoms with E-state index in [1.165, 1.54) is 12.1 Å². The lowest BCUT2D eigenvalue weighted by atomic mass is 10.0. The summed E-state index contributed by atoms with van der Waals surface area (Å²) in [5, 5.41) is 4.21. The summed E-state index contributed by atoms with van der Waals surface area (Å²) >= 11 is 0. The average molecular weight is 642 g/mol. The molecule has 9 heteroatoms. The lowest BCUT2D eigenvalue weighted by Crippen LogP contribution is -2.20. The Hall–Kier alpha value is -5.41. The van der Waals surface area contributed by atoms with E-state index in [-0.39, 0.29) is 5.82 Å². The van der Waals surface area contributed by atoms with Crippen LogP contribution in [0, 0.1) is 12.7 Å². The zero-order chi connectivity index (χ0) is 33.5. The van der Waals surface area contributed by atoms with Crippen molar-refractivity contribution in [3.8, 4) is 28.3 Å². The number of pyridine rings is 3. The van der Waals surface area contributed by atoms with Crippen LogP contribution in [0.1, 0.15) is 35.9 Å². The lowest BCUT2D eigenvalue weighted by molar-refractivity contribution is 0.305. The average Bonchev–Trinajstić information content (AvgIpc) is 3.53. The van der Waals surface area contributed by atoms with Crippen LogP contribution in [0.5, 0.6) is 5.75 Å². The summed E-state index contributed by atoms with van der Waals surface area (Å²) in [6, 6.07) is 25.0. The highest BCUT2D eigenvalue weighted by Crippen LogP contribution is 2.31. The van der Waals surface area contributed by atoms with Gasteiger partial charge >= 0.3 is 0 Å². The van der Waals surface area contributed by atoms with Crippen LogP contribution in [0.4, 0.5) is 10.1 Å². The summed E-state index contributed by atoms with van der Waals surface area (Å²) in [7, 11) is 4.02. The Labute approximate surface area is 280 Å². The maximum Gasteiger partial charge on any atom is 0.138 e. The molecule has 0 aliphatic heterocycles. The van der Waals surface area contributed by atoms with Gasteiger partial charge in [0.1, 0.15) is 23.9 Å². The van der Waals surface area contributed by atoms with Crippen molar-refractivity contribution < 1.29 is 9.13 Å². The molecule has 2 aromatic carbocycles. The van der Waals surface area contributed by atoms with Crippen molar-refractivity contribution in [2.24, 2.45) is 4.99 Å². The standard InChI is InChI=1S/C39H40FN7O/c1-5-14-43-39(37-26(2)11-12-34(46-37)29-20-32(24-41-23-29)48-25-27-9-7-6-8-10-27)36-22-33-35(45-36)13-15-44-38(33)28-18-30(40)21-31(19-28)42-16-17-47(3)4/h6-13,15,18-24,42,45H,5,14,16-17,25H2,1-4H3/b43-39-. The number of aliphatic imine (C=N–C) groups is 1. The minimum atomic E-state index is -0.319. The molecule has 48 heavy (non-hydrogen) atoms. The van der Waals surface area contributed by atoms with E-state index in [0.717, 1.165) is 63.4 Å². The molecular formula is C39H40FN7O. The number of likely N-dealkylation sites (N-methyl/N-ethyl adjacent to an activating group) is 1. The van der Waals surface area contributed by atoms with Gasteiger partial charge in [-0.3, -0.25) is 15.0 Å². The number of H-pyrrole nitrogens is 1. The van der Waals surface area contributed by atoms with Gasteiger partial charge in [0.2, 0.25) is 0 Å². The Bertz CT molecular complexity index is 2040. The molecule has 0 aliphatic carbocycles. The molecule has 0 spiro atoms. The Morgan fingerprint density at radius 2 is 1.83 bits per heavy atom. The number of aryl methyl sites for hydroxylation is 1. The van der Waals surface area contributed by atoms with Crippen LogP contribution < -0.4 is 10.1 Å². The molecule has 0 atom stereocenters. The van der Waals surface area contributed by atoms with E-state index >= 15 is 0 Å². The van der Waals surface area contributed by atoms with Crippen molar-refractivity contribution >= 4 is 22.3 Å². The van der Waals surface area contributed by atoms with Crippen LogP contribution in [-0.4, -0.2) is 64.3 Å². The summed E-state index contributed by atoms with van der Waals surface area (Å²) in [6.45, 7) is 6.76. The first-order valence-electron chi connectivity index (χ1n) is 16.2. The molecule has 8 nitrogen and oxygen atoms in total. The quantitative estimate of drug-likeness (QED) is 0.125. The summed E-state index contributed by atoms with van der Waals surface area (Å²) < 4.78 is 20.9. The number of ether oxygens (including phenoxy) is 1. The van der Waals surface area contributed by atoms with Crippen molar-refractivity contribution in [2.45, 2.75) is 26.9 Å². The number of hydrogen-bond donors (Lipinski definition) is 2. The molecule has 0 saturated heterocycles. The van der Waals surface area contributed by atoms with E-state index < -0.39 is 0 Å². The summed E-state index contributed by atoms with van der Waals surface area (Å²) in [5.74, 6) is 0.351. The van der Waals surface area contributed by atoms with Crippen molar-refractivity contribution in [1.82, 2.24) is 24.8 Å². The van der Waals surface area contributed by atoms with Crippen LogP contribution in [0.15, 0.2) is 102 Å². The molecule has 244 valence electrons. The van der Waals surface area contributed by atoms with Gasteiger partial charge in [0, 0.05) is 59.7 Å². The SMILES string of the molecule is CCC/N=C(/c1cc2c(-c3cc(F)cc(NCCN(C)C)c3)nccc2[nH]1)c1nc(-c2cncc(OCc3ccccc3)c2)ccc1C. The van der Waals surface area contributed by atoms with Crippen LogP contribution in [-0.2, 0) is 6.61 Å². The van der Waals surface area contributed by atoms with Gasteiger partial charge in [-0.1, -0.05) is 43.3 Å². The van der Waals surface area contributed by atoms with Crippen molar-refractivity contribution in [2.75, 3.05) is 39.0 Å². The maximum atomic E-state index is 14.8. The molecule has 2 N–H and O–H groups in total. The molecule has 0 saturated carbocycles. The van der Waals surface area contributed by atoms with Gasteiger partial charge in [0.15, 0.2) is 0 Å². The minimum Gasteiger partial charge on any atom is -0.487 e. The van der Waals surface area contributed by atoms with E-state index in [9.17, 15) is 4.39 Å². The third kappa shape index (κ3) is 7.75. The van der Waals surface area contributed by atoms with E-state index in [0.29, 0.717) is 42.4 Å². The van der Waals surface area contributed by atoms with Crippen LogP contribution in [0.2, 0.25) is 0 Å². The highest BCUT2D eigenvalue weighted by molar-refractivity contribution is 6.14. The van der Waals surface area contributed by atoms with Gasteiger partial charge in [-0.25, -0.2) is 9.37 Å². The highest BCUT2D eigenvalue weighted by atomic mass is 19.1. The molecule has 0 radical (unpaired) electrons. The molecular weight excluding hydrogens is 601 g/mol. The number of anilines is 1. The number of halogens is 1. The molecule has 0 fully saturated rings. The smallest absolute Gasteiger partial charge is 0.138 e. The first-order valence-corrected chi connectivity index (χ1v) is 16.2. The Morgan fingerprint density at radius 3 is 2.65 bits per heavy atom. The predicted octanol–water partition coefficient (Wildman–Crippen LogP) is 7.93. The Morgan fingerprint density at radius 1 is 0.979 bits per heavy atom. The molecule has 4 heterocycles. The zero-order valence-corrected chi connectivity index (χ0v) is 27.8. The Kier molecular flexibility index (Phi) is 10.2. The highest BCUT2D eigenvalue weighted by Gasteiger charge is 2.18. The fourth-order valence-electron chi connectivity index (χ4n) is 5.48. The zero-order valence-electron chi connectivity index (χ0n) is 27.8. The maximum absolute atomic E-state index is 14.8. The van der Waals surface area contributed by atoms with Crippen LogP contribution >= 0.6 is 0 Å². The van der Waals surface area contributed by atoms with Crippen molar-refractivity contribution in [3.05, 3.63) is 126 Å². The molecule has 0 unspecified atom stereocenters. The Balaban J connectivity index is 1.34. The number of nitrogens with zero attached hydrogens (tertiary/aromatic N) is 5. The fraction of sp³-hybridized carbons (Fsp3) is 0.231. The second-order valence-corrected chi connectivity index (χ2v) is 12.0. The number of hydrogen-bond acceptors (Lipinski definition) is 7. The number of nitrogens with one attached hydrogen (secondary N) is 2. The third-order valence-corrected chi connectivity index (χ3v) is 7.93. The first-order chi connectivity index (χ1) is 23.4. The monoisotopic (exact) mass is 641 g/mol. The molecule has 0 amide bonds. The summed E-state index contributed by atoms with van der Waals surface area (Å²) in [6.07, 6.45) is 6.14. The van der Waals surface area contributed by atoms with Gasteiger partial charge < -0.3 is 19.9 Å². The van der Waals surface area contributed by atoms with Gasteiger partial charge in [-0.2, -0.15) is 0 Å². The minimum absolute atomic E-state index is 0.319. The van der Waals surface area contributed by atoms with Gasteiger partial charge in [0.25, 0.3) is 0 Å². The summed E-state index contributed by atoms with van der Waals surface area (Å²) in [5.41, 5.74) is 9.03. The molecule has 0 bridgehead atoms. The number of rotatable bonds is 13. The molecule has 6 aromatic rings. The second-order valence-electron chi connectivity index (χ2n) is 12.0. The number of aromatic nitrogens is 4. The summed E-state index contributed by atoms with van der Waals surface area (Å²) in [4.78, 5) is 24.9. The van der Waals surface area contributed by atoms with Gasteiger partial charge in [-0.05, 0) is 81.0 Å². The number of aromatic amines is 1. The second kappa shape index (κ2) is 15.0. The van der Waals surface area contributed by atoms with E-state index in [1.807, 2.05) is 81.7 Å². The number of benzene rings is 2. The molecule has 4 aromatic heterocycles.